The summed E-state index contributed by atoms with van der Waals surface area (Å²) in [5, 5.41) is 7.12. The Bertz CT molecular complexity index is 630. The van der Waals surface area contributed by atoms with Crippen molar-refractivity contribution in [1.29, 1.82) is 0 Å². The third kappa shape index (κ3) is 5.51. The number of ether oxygens (including phenoxy) is 1. The van der Waals surface area contributed by atoms with Gasteiger partial charge in [0.2, 0.25) is 0 Å². The van der Waals surface area contributed by atoms with Gasteiger partial charge in [0.25, 0.3) is 0 Å². The van der Waals surface area contributed by atoms with Crippen molar-refractivity contribution in [2.75, 3.05) is 7.11 Å². The number of alkyl halides is 3. The van der Waals surface area contributed by atoms with Crippen LogP contribution in [0.3, 0.4) is 0 Å². The normalized spacial score (nSPS) is 10.4. The highest BCUT2D eigenvalue weighted by Gasteiger charge is 2.38. The molecule has 1 aromatic heterocycles. The van der Waals surface area contributed by atoms with Gasteiger partial charge < -0.3 is 9.84 Å². The molecule has 1 N–H and O–H groups in total. The Balaban J connectivity index is 0.000000295. The van der Waals surface area contributed by atoms with Gasteiger partial charge in [0.05, 0.1) is 12.8 Å². The van der Waals surface area contributed by atoms with Crippen molar-refractivity contribution in [3.05, 3.63) is 46.2 Å². The molecule has 0 aliphatic carbocycles. The van der Waals surface area contributed by atoms with E-state index in [1.54, 1.807) is 7.11 Å². The molecule has 8 heteroatoms. The topological polar surface area (TPSA) is 59.4 Å². The van der Waals surface area contributed by atoms with Gasteiger partial charge in [-0.25, -0.2) is 4.79 Å². The van der Waals surface area contributed by atoms with Gasteiger partial charge in [-0.15, -0.1) is 0 Å². The van der Waals surface area contributed by atoms with Crippen LogP contribution in [0.25, 0.3) is 11.3 Å². The Labute approximate surface area is 138 Å². The molecule has 0 spiro atoms. The number of aliphatic carboxylic acids is 1. The maximum atomic E-state index is 10.6. The maximum absolute atomic E-state index is 10.6. The van der Waals surface area contributed by atoms with Crippen LogP contribution in [0.1, 0.15) is 0 Å². The summed E-state index contributed by atoms with van der Waals surface area (Å²) in [6.45, 7) is 0. The van der Waals surface area contributed by atoms with Crippen LogP contribution in [0.4, 0.5) is 13.2 Å². The van der Waals surface area contributed by atoms with Crippen LogP contribution < -0.4 is 4.74 Å². The molecular weight excluding hydrogens is 414 g/mol. The Morgan fingerprint density at radius 3 is 2.18 bits per heavy atom. The number of hydrogen-bond donors (Lipinski definition) is 1. The van der Waals surface area contributed by atoms with Gasteiger partial charge in [-0.3, -0.25) is 4.98 Å². The van der Waals surface area contributed by atoms with Crippen molar-refractivity contribution in [2.45, 2.75) is 6.18 Å². The summed E-state index contributed by atoms with van der Waals surface area (Å²) in [5.41, 5.74) is 2.13. The van der Waals surface area contributed by atoms with E-state index in [0.717, 1.165) is 20.6 Å². The summed E-state index contributed by atoms with van der Waals surface area (Å²) in [4.78, 5) is 13.3. The molecule has 0 saturated carbocycles. The van der Waals surface area contributed by atoms with Gasteiger partial charge in [-0.05, 0) is 59.0 Å². The molecule has 0 unspecified atom stereocenters. The predicted octanol–water partition coefficient (Wildman–Crippen LogP) is 4.00. The number of pyridine rings is 1. The van der Waals surface area contributed by atoms with Crippen LogP contribution in [0, 0.1) is 3.57 Å². The van der Waals surface area contributed by atoms with E-state index in [4.69, 9.17) is 14.6 Å². The first-order chi connectivity index (χ1) is 10.3. The van der Waals surface area contributed by atoms with E-state index in [2.05, 4.69) is 27.6 Å². The first kappa shape index (κ1) is 18.2. The molecule has 0 atom stereocenters. The summed E-state index contributed by atoms with van der Waals surface area (Å²) >= 11 is 2.29. The van der Waals surface area contributed by atoms with E-state index >= 15 is 0 Å². The number of benzene rings is 1. The van der Waals surface area contributed by atoms with E-state index in [-0.39, 0.29) is 0 Å². The van der Waals surface area contributed by atoms with E-state index in [1.165, 1.54) is 0 Å². The minimum absolute atomic E-state index is 0.865. The molecule has 2 rings (SSSR count). The Morgan fingerprint density at radius 1 is 1.23 bits per heavy atom. The van der Waals surface area contributed by atoms with Crippen molar-refractivity contribution in [1.82, 2.24) is 4.98 Å². The Kier molecular flexibility index (Phi) is 6.60. The largest absolute Gasteiger partial charge is 0.497 e. The monoisotopic (exact) mass is 425 g/mol. The lowest BCUT2D eigenvalue weighted by molar-refractivity contribution is -0.192. The zero-order valence-corrected chi connectivity index (χ0v) is 13.4. The zero-order valence-electron chi connectivity index (χ0n) is 11.3. The highest BCUT2D eigenvalue weighted by atomic mass is 127. The van der Waals surface area contributed by atoms with Crippen LogP contribution in [-0.4, -0.2) is 29.3 Å². The Morgan fingerprint density at radius 2 is 1.77 bits per heavy atom. The summed E-state index contributed by atoms with van der Waals surface area (Å²) in [6, 6.07) is 11.9. The lowest BCUT2D eigenvalue weighted by Crippen LogP contribution is -2.21. The average molecular weight is 425 g/mol. The summed E-state index contributed by atoms with van der Waals surface area (Å²) in [6.07, 6.45) is -3.28. The molecule has 22 heavy (non-hydrogen) atoms. The maximum Gasteiger partial charge on any atom is 0.490 e. The second-order valence-corrected chi connectivity index (χ2v) is 5.03. The molecular formula is C14H11F3INO3. The van der Waals surface area contributed by atoms with Crippen molar-refractivity contribution < 1.29 is 27.8 Å². The first-order valence-corrected chi connectivity index (χ1v) is 6.88. The molecule has 2 aromatic rings. The van der Waals surface area contributed by atoms with Gasteiger partial charge in [0.1, 0.15) is 5.75 Å². The smallest absolute Gasteiger partial charge is 0.490 e. The van der Waals surface area contributed by atoms with E-state index in [1.807, 2.05) is 42.6 Å². The van der Waals surface area contributed by atoms with E-state index in [0.29, 0.717) is 0 Å². The molecule has 1 aromatic carbocycles. The molecule has 0 aliphatic rings. The molecule has 118 valence electrons. The van der Waals surface area contributed by atoms with Gasteiger partial charge in [-0.1, -0.05) is 0 Å². The highest BCUT2D eigenvalue weighted by molar-refractivity contribution is 14.1. The zero-order chi connectivity index (χ0) is 16.8. The number of nitrogens with zero attached hydrogens (tertiary/aromatic N) is 1. The molecule has 0 radical (unpaired) electrons. The molecule has 0 fully saturated rings. The van der Waals surface area contributed by atoms with Crippen molar-refractivity contribution in [3.8, 4) is 17.0 Å². The van der Waals surface area contributed by atoms with Gasteiger partial charge in [-0.2, -0.15) is 13.2 Å². The molecule has 1 heterocycles. The quantitative estimate of drug-likeness (QED) is 0.740. The van der Waals surface area contributed by atoms with Gasteiger partial charge in [0.15, 0.2) is 0 Å². The number of halogens is 4. The van der Waals surface area contributed by atoms with Crippen LogP contribution >= 0.6 is 22.6 Å². The number of aromatic nitrogens is 1. The fourth-order valence-electron chi connectivity index (χ4n) is 1.35. The standard InChI is InChI=1S/C12H10INO.C2HF3O2/c1-15-10-6-4-9(5-7-10)12-11(13)3-2-8-14-12;3-2(4,5)1(6)7/h2-8H,1H3;(H,6,7). The fraction of sp³-hybridized carbons (Fsp3) is 0.143. The van der Waals surface area contributed by atoms with Crippen molar-refractivity contribution in [3.63, 3.8) is 0 Å². The number of carbonyl (C=O) groups is 1. The lowest BCUT2D eigenvalue weighted by atomic mass is 10.1. The van der Waals surface area contributed by atoms with Crippen LogP contribution in [0.5, 0.6) is 5.75 Å². The predicted molar refractivity (Wildman–Crippen MR) is 82.6 cm³/mol. The first-order valence-electron chi connectivity index (χ1n) is 5.80. The number of carboxylic acid groups (broad SMARTS) is 1. The van der Waals surface area contributed by atoms with Gasteiger partial charge >= 0.3 is 12.1 Å². The van der Waals surface area contributed by atoms with Crippen molar-refractivity contribution in [2.24, 2.45) is 0 Å². The second-order valence-electron chi connectivity index (χ2n) is 3.87. The van der Waals surface area contributed by atoms with E-state index in [9.17, 15) is 13.2 Å². The number of rotatable bonds is 2. The minimum Gasteiger partial charge on any atom is -0.497 e. The van der Waals surface area contributed by atoms with Crippen LogP contribution in [-0.2, 0) is 4.79 Å². The number of hydrogen-bond acceptors (Lipinski definition) is 3. The summed E-state index contributed by atoms with van der Waals surface area (Å²) < 4.78 is 38.0. The van der Waals surface area contributed by atoms with Crippen molar-refractivity contribution >= 4 is 28.6 Å². The highest BCUT2D eigenvalue weighted by Crippen LogP contribution is 2.24. The molecule has 0 aliphatic heterocycles. The van der Waals surface area contributed by atoms with Gasteiger partial charge in [0, 0.05) is 15.3 Å². The number of methoxy groups -OCH3 is 1. The average Bonchev–Trinajstić information content (AvgIpc) is 2.47. The minimum atomic E-state index is -5.08. The fourth-order valence-corrected chi connectivity index (χ4v) is 2.01. The summed E-state index contributed by atoms with van der Waals surface area (Å²) in [7, 11) is 1.67. The van der Waals surface area contributed by atoms with Crippen LogP contribution in [0.15, 0.2) is 42.6 Å². The molecule has 0 saturated heterocycles. The van der Waals surface area contributed by atoms with E-state index < -0.39 is 12.1 Å². The molecule has 4 nitrogen and oxygen atoms in total. The number of carboxylic acids is 1. The third-order valence-corrected chi connectivity index (χ3v) is 3.23. The third-order valence-electron chi connectivity index (χ3n) is 2.36. The molecule has 0 bridgehead atoms. The molecule has 0 amide bonds. The Hall–Kier alpha value is -1.84. The SMILES string of the molecule is COc1ccc(-c2ncccc2I)cc1.O=C(O)C(F)(F)F. The summed E-state index contributed by atoms with van der Waals surface area (Å²) in [5.74, 6) is -1.89. The second kappa shape index (κ2) is 7.97. The van der Waals surface area contributed by atoms with Crippen LogP contribution in [0.2, 0.25) is 0 Å². The lowest BCUT2D eigenvalue weighted by Gasteiger charge is -2.04.